The molecule has 8 heteroatoms. The molecule has 0 rings (SSSR count). The summed E-state index contributed by atoms with van der Waals surface area (Å²) < 4.78 is 29.7. The molecule has 0 saturated heterocycles. The van der Waals surface area contributed by atoms with Crippen LogP contribution in [0.2, 0.25) is 0 Å². The van der Waals surface area contributed by atoms with Crippen LogP contribution in [0.25, 0.3) is 10.4 Å². The van der Waals surface area contributed by atoms with Crippen LogP contribution in [0.5, 0.6) is 0 Å². The van der Waals surface area contributed by atoms with E-state index in [4.69, 9.17) is 10.1 Å². The number of hydrogen-bond donors (Lipinski definition) is 1. The average molecular weight is 139 g/mol. The van der Waals surface area contributed by atoms with Crippen LogP contribution >= 0.6 is 0 Å². The van der Waals surface area contributed by atoms with Gasteiger partial charge < -0.3 is 0 Å². The second-order valence-electron chi connectivity index (χ2n) is 0.673. The highest BCUT2D eigenvalue weighted by Gasteiger charge is 1.98. The number of hydrogen-bond acceptors (Lipinski definition) is 4. The van der Waals surface area contributed by atoms with Crippen LogP contribution < -0.4 is 0 Å². The number of azide groups is 1. The topological polar surface area (TPSA) is 112 Å². The molecule has 1 N–H and O–H groups in total. The van der Waals surface area contributed by atoms with Gasteiger partial charge in [0.2, 0.25) is 0 Å². The molecule has 0 aromatic heterocycles. The zero-order valence-electron chi connectivity index (χ0n) is 3.42. The van der Waals surface area contributed by atoms with Crippen LogP contribution in [0, 0.1) is 0 Å². The van der Waals surface area contributed by atoms with E-state index in [1.165, 1.54) is 0 Å². The lowest BCUT2D eigenvalue weighted by Gasteiger charge is -1.83. The maximum Gasteiger partial charge on any atom is 0.452 e. The Morgan fingerprint density at radius 1 is 1.75 bits per heavy atom. The van der Waals surface area contributed by atoms with Gasteiger partial charge in [-0.2, -0.15) is 8.42 Å². The van der Waals surface area contributed by atoms with Crippen molar-refractivity contribution in [2.24, 2.45) is 5.28 Å². The van der Waals surface area contributed by atoms with E-state index in [1.54, 1.807) is 0 Å². The van der Waals surface area contributed by atoms with Gasteiger partial charge >= 0.3 is 10.4 Å². The molecule has 0 aromatic carbocycles. The van der Waals surface area contributed by atoms with E-state index in [0.29, 0.717) is 0 Å². The molecule has 8 heavy (non-hydrogen) atoms. The second-order valence-corrected chi connectivity index (χ2v) is 1.68. The summed E-state index contributed by atoms with van der Waals surface area (Å²) in [5.41, 5.74) is 7.39. The minimum absolute atomic E-state index is 1.88. The molecular formula is HN3O4S. The van der Waals surface area contributed by atoms with Gasteiger partial charge in [-0.3, -0.25) is 8.84 Å². The minimum atomic E-state index is -4.61. The molecular weight excluding hydrogens is 138 g/mol. The molecule has 0 spiro atoms. The molecule has 0 aliphatic carbocycles. The Hall–Kier alpha value is -0.980. The van der Waals surface area contributed by atoms with Gasteiger partial charge in [0.25, 0.3) is 0 Å². The molecule has 0 saturated carbocycles. The molecule has 0 atom stereocenters. The zero-order chi connectivity index (χ0) is 6.62. The van der Waals surface area contributed by atoms with E-state index in [0.717, 1.165) is 0 Å². The van der Waals surface area contributed by atoms with E-state index in [9.17, 15) is 8.42 Å². The minimum Gasteiger partial charge on any atom is -0.289 e. The summed E-state index contributed by atoms with van der Waals surface area (Å²) in [5, 5.41) is 2.09. The molecule has 0 aromatic rings. The summed E-state index contributed by atoms with van der Waals surface area (Å²) in [7, 11) is -4.61. The maximum absolute atomic E-state index is 9.46. The van der Waals surface area contributed by atoms with Crippen LogP contribution in [-0.4, -0.2) is 13.0 Å². The van der Waals surface area contributed by atoms with Gasteiger partial charge in [0.15, 0.2) is 0 Å². The fourth-order valence-electron chi connectivity index (χ4n) is 0.0570. The third kappa shape index (κ3) is 5.02. The van der Waals surface area contributed by atoms with Gasteiger partial charge in [-0.1, -0.05) is 0 Å². The van der Waals surface area contributed by atoms with E-state index in [2.05, 4.69) is 9.56 Å². The van der Waals surface area contributed by atoms with Crippen molar-refractivity contribution >= 4 is 10.4 Å². The smallest absolute Gasteiger partial charge is 0.289 e. The first-order valence-corrected chi connectivity index (χ1v) is 2.63. The lowest BCUT2D eigenvalue weighted by Crippen LogP contribution is -1.95. The normalized spacial score (nSPS) is 9.62. The summed E-state index contributed by atoms with van der Waals surface area (Å²) in [4.78, 5) is 1.88. The van der Waals surface area contributed by atoms with Crippen molar-refractivity contribution in [3.8, 4) is 0 Å². The van der Waals surface area contributed by atoms with E-state index >= 15 is 0 Å². The SMILES string of the molecule is [N-]=[N+]=NOS(=O)(=O)O. The predicted octanol–water partition coefficient (Wildman–Crippen LogP) is 0.0311. The monoisotopic (exact) mass is 139 g/mol. The zero-order valence-corrected chi connectivity index (χ0v) is 4.24. The van der Waals surface area contributed by atoms with Gasteiger partial charge in [0.1, 0.15) is 5.28 Å². The van der Waals surface area contributed by atoms with Crippen LogP contribution in [0.4, 0.5) is 0 Å². The number of rotatable bonds is 2. The maximum atomic E-state index is 9.46. The third-order valence-electron chi connectivity index (χ3n) is 0.164. The molecule has 46 valence electrons. The third-order valence-corrected chi connectivity index (χ3v) is 0.419. The van der Waals surface area contributed by atoms with Crippen LogP contribution in [-0.2, 0) is 14.7 Å². The summed E-state index contributed by atoms with van der Waals surface area (Å²) >= 11 is 0. The van der Waals surface area contributed by atoms with Crippen molar-refractivity contribution in [3.05, 3.63) is 10.4 Å². The van der Waals surface area contributed by atoms with Crippen LogP contribution in [0.3, 0.4) is 0 Å². The Morgan fingerprint density at radius 2 is 2.25 bits per heavy atom. The van der Waals surface area contributed by atoms with Crippen molar-refractivity contribution in [3.63, 3.8) is 0 Å². The molecule has 7 nitrogen and oxygen atoms in total. The Bertz CT molecular complexity index is 195. The molecule has 0 aliphatic rings. The summed E-state index contributed by atoms with van der Waals surface area (Å²) in [5.74, 6) is 0. The fraction of sp³-hybridized carbons (Fsp3) is 0. The van der Waals surface area contributed by atoms with Crippen molar-refractivity contribution in [1.29, 1.82) is 0 Å². The first-order chi connectivity index (χ1) is 3.56. The Balaban J connectivity index is 3.94. The standard InChI is InChI=1S/HN3O4S/c1-2-3-7-8(4,5)6/h(H,4,5,6). The molecule has 0 bridgehead atoms. The summed E-state index contributed by atoms with van der Waals surface area (Å²) in [6.07, 6.45) is 0. The number of nitrogens with zero attached hydrogens (tertiary/aromatic N) is 3. The van der Waals surface area contributed by atoms with Gasteiger partial charge in [-0.15, -0.1) is 0 Å². The molecule has 0 aliphatic heterocycles. The van der Waals surface area contributed by atoms with Gasteiger partial charge in [-0.25, -0.2) is 0 Å². The molecule has 0 unspecified atom stereocenters. The molecule has 0 radical (unpaired) electrons. The van der Waals surface area contributed by atoms with Gasteiger partial charge in [0.05, 0.1) is 0 Å². The largest absolute Gasteiger partial charge is 0.452 e. The molecule has 0 fully saturated rings. The van der Waals surface area contributed by atoms with Crippen LogP contribution in [0.15, 0.2) is 5.28 Å². The molecule has 0 heterocycles. The van der Waals surface area contributed by atoms with Gasteiger partial charge in [0, 0.05) is 4.91 Å². The quantitative estimate of drug-likeness (QED) is 0.191. The fourth-order valence-corrected chi connectivity index (χ4v) is 0.171. The predicted molar refractivity (Wildman–Crippen MR) is 21.8 cm³/mol. The highest BCUT2D eigenvalue weighted by molar-refractivity contribution is 7.80. The molecule has 0 amide bonds. The average Bonchev–Trinajstić information content (AvgIpc) is 1.59. The van der Waals surface area contributed by atoms with E-state index in [1.807, 2.05) is 4.91 Å². The van der Waals surface area contributed by atoms with Crippen molar-refractivity contribution in [2.75, 3.05) is 0 Å². The van der Waals surface area contributed by atoms with Crippen molar-refractivity contribution in [1.82, 2.24) is 0 Å². The van der Waals surface area contributed by atoms with E-state index < -0.39 is 10.4 Å². The lowest BCUT2D eigenvalue weighted by atomic mass is 12.9. The van der Waals surface area contributed by atoms with Crippen molar-refractivity contribution < 1.29 is 17.3 Å². The summed E-state index contributed by atoms with van der Waals surface area (Å²) in [6.45, 7) is 0. The Kier molecular flexibility index (Phi) is 2.07. The first-order valence-electron chi connectivity index (χ1n) is 1.27. The van der Waals surface area contributed by atoms with Gasteiger partial charge in [-0.05, 0) is 5.53 Å². The Morgan fingerprint density at radius 3 is 2.38 bits per heavy atom. The highest BCUT2D eigenvalue weighted by Crippen LogP contribution is 1.84. The first kappa shape index (κ1) is 7.02. The summed E-state index contributed by atoms with van der Waals surface area (Å²) in [6, 6.07) is 0. The Labute approximate surface area is 44.4 Å². The van der Waals surface area contributed by atoms with E-state index in [-0.39, 0.29) is 0 Å². The second kappa shape index (κ2) is 2.36. The van der Waals surface area contributed by atoms with Crippen molar-refractivity contribution in [2.45, 2.75) is 0 Å². The highest BCUT2D eigenvalue weighted by atomic mass is 32.3. The lowest BCUT2D eigenvalue weighted by molar-refractivity contribution is 0.277. The van der Waals surface area contributed by atoms with Crippen LogP contribution in [0.1, 0.15) is 0 Å².